The number of nitrogens with one attached hydrogen (secondary N) is 1. The van der Waals surface area contributed by atoms with Crippen molar-refractivity contribution in [1.29, 1.82) is 0 Å². The summed E-state index contributed by atoms with van der Waals surface area (Å²) in [5.74, 6) is -0.193. The molecule has 380 valence electrons. The summed E-state index contributed by atoms with van der Waals surface area (Å²) in [6.45, 7) is 3.76. The van der Waals surface area contributed by atoms with Gasteiger partial charge in [0.1, 0.15) is 24.4 Å². The quantitative estimate of drug-likeness (QED) is 0.0261. The average molecular weight is 918 g/mol. The molecular formula is C56H103NO8. The van der Waals surface area contributed by atoms with Gasteiger partial charge in [-0.1, -0.05) is 217 Å². The molecule has 1 rings (SSSR count). The monoisotopic (exact) mass is 918 g/mol. The number of amides is 1. The van der Waals surface area contributed by atoms with Crippen LogP contribution < -0.4 is 5.32 Å². The first-order valence-corrected chi connectivity index (χ1v) is 27.4. The topological polar surface area (TPSA) is 149 Å². The van der Waals surface area contributed by atoms with Gasteiger partial charge in [-0.05, 0) is 70.6 Å². The van der Waals surface area contributed by atoms with Crippen LogP contribution in [0.5, 0.6) is 0 Å². The number of rotatable bonds is 46. The lowest BCUT2D eigenvalue weighted by Crippen LogP contribution is -2.60. The SMILES string of the molecule is CCCCCCCCCC/C=C/CC/C=C/CC/C=C/C(O)C(COC1OC(CO)C(O)C(O)C1O)NC(=O)CCCCCCCCCC/C=C\CCCCCCCCCCCCCC. The Morgan fingerprint density at radius 1 is 0.508 bits per heavy atom. The van der Waals surface area contributed by atoms with Gasteiger partial charge >= 0.3 is 0 Å². The van der Waals surface area contributed by atoms with Crippen molar-refractivity contribution in [2.45, 2.75) is 288 Å². The summed E-state index contributed by atoms with van der Waals surface area (Å²) in [6.07, 6.45) is 53.1. The Hall–Kier alpha value is -1.85. The Labute approximate surface area is 399 Å². The molecule has 1 saturated heterocycles. The molecule has 7 unspecified atom stereocenters. The van der Waals surface area contributed by atoms with Gasteiger partial charge in [-0.25, -0.2) is 0 Å². The van der Waals surface area contributed by atoms with Gasteiger partial charge in [-0.2, -0.15) is 0 Å². The van der Waals surface area contributed by atoms with Gasteiger partial charge in [-0.15, -0.1) is 0 Å². The van der Waals surface area contributed by atoms with E-state index in [-0.39, 0.29) is 12.5 Å². The Kier molecular flexibility index (Phi) is 43.2. The fraction of sp³-hybridized carbons (Fsp3) is 0.839. The maximum Gasteiger partial charge on any atom is 0.220 e. The minimum atomic E-state index is -1.58. The third-order valence-corrected chi connectivity index (χ3v) is 12.9. The second-order valence-electron chi connectivity index (χ2n) is 19.0. The van der Waals surface area contributed by atoms with Gasteiger partial charge in [0, 0.05) is 6.42 Å². The van der Waals surface area contributed by atoms with Crippen molar-refractivity contribution in [2.24, 2.45) is 0 Å². The summed E-state index contributed by atoms with van der Waals surface area (Å²) >= 11 is 0. The zero-order valence-electron chi connectivity index (χ0n) is 42.0. The molecule has 7 atom stereocenters. The van der Waals surface area contributed by atoms with Crippen molar-refractivity contribution in [1.82, 2.24) is 5.32 Å². The summed E-state index contributed by atoms with van der Waals surface area (Å²) in [7, 11) is 0. The molecule has 1 heterocycles. The van der Waals surface area contributed by atoms with Crippen LogP contribution in [0, 0.1) is 0 Å². The summed E-state index contributed by atoms with van der Waals surface area (Å²) in [5, 5.41) is 54.4. The lowest BCUT2D eigenvalue weighted by atomic mass is 9.99. The predicted octanol–water partition coefficient (Wildman–Crippen LogP) is 13.0. The van der Waals surface area contributed by atoms with Crippen molar-refractivity contribution in [3.8, 4) is 0 Å². The molecule has 0 aliphatic carbocycles. The summed E-state index contributed by atoms with van der Waals surface area (Å²) in [4.78, 5) is 13.0. The minimum Gasteiger partial charge on any atom is -0.394 e. The fourth-order valence-corrected chi connectivity index (χ4v) is 8.48. The maximum absolute atomic E-state index is 13.0. The lowest BCUT2D eigenvalue weighted by Gasteiger charge is -2.40. The number of allylic oxidation sites excluding steroid dienone is 7. The Morgan fingerprint density at radius 3 is 1.29 bits per heavy atom. The number of carbonyl (C=O) groups is 1. The molecule has 1 amide bonds. The van der Waals surface area contributed by atoms with E-state index in [0.29, 0.717) is 6.42 Å². The molecule has 1 fully saturated rings. The Bertz CT molecular complexity index is 1160. The van der Waals surface area contributed by atoms with E-state index in [1.807, 2.05) is 6.08 Å². The first-order chi connectivity index (χ1) is 31.8. The van der Waals surface area contributed by atoms with E-state index in [9.17, 15) is 30.3 Å². The minimum absolute atomic E-state index is 0.193. The van der Waals surface area contributed by atoms with Crippen LogP contribution in [-0.4, -0.2) is 87.5 Å². The van der Waals surface area contributed by atoms with Crippen molar-refractivity contribution in [3.05, 3.63) is 48.6 Å². The molecule has 0 bridgehead atoms. The molecule has 9 nitrogen and oxygen atoms in total. The molecule has 1 aliphatic heterocycles. The lowest BCUT2D eigenvalue weighted by molar-refractivity contribution is -0.302. The smallest absolute Gasteiger partial charge is 0.220 e. The van der Waals surface area contributed by atoms with Crippen molar-refractivity contribution < 1.29 is 39.8 Å². The van der Waals surface area contributed by atoms with Crippen LogP contribution in [0.25, 0.3) is 0 Å². The molecule has 9 heteroatoms. The number of hydrogen-bond acceptors (Lipinski definition) is 8. The van der Waals surface area contributed by atoms with E-state index in [4.69, 9.17) is 9.47 Å². The Balaban J connectivity index is 2.28. The zero-order chi connectivity index (χ0) is 47.3. The van der Waals surface area contributed by atoms with Gasteiger partial charge in [0.15, 0.2) is 6.29 Å². The molecule has 0 saturated carbocycles. The number of hydrogen-bond donors (Lipinski definition) is 6. The molecule has 1 aliphatic rings. The van der Waals surface area contributed by atoms with Crippen LogP contribution in [-0.2, 0) is 14.3 Å². The Morgan fingerprint density at radius 2 is 0.877 bits per heavy atom. The number of aliphatic hydroxyl groups is 5. The normalized spacial score (nSPS) is 20.3. The fourth-order valence-electron chi connectivity index (χ4n) is 8.48. The first-order valence-electron chi connectivity index (χ1n) is 27.4. The summed E-state index contributed by atoms with van der Waals surface area (Å²) in [5.41, 5.74) is 0. The number of aliphatic hydroxyl groups excluding tert-OH is 5. The molecule has 0 aromatic heterocycles. The molecule has 65 heavy (non-hydrogen) atoms. The van der Waals surface area contributed by atoms with Gasteiger partial charge in [0.2, 0.25) is 5.91 Å². The highest BCUT2D eigenvalue weighted by Crippen LogP contribution is 2.23. The molecule has 6 N–H and O–H groups in total. The third-order valence-electron chi connectivity index (χ3n) is 12.9. The predicted molar refractivity (Wildman–Crippen MR) is 272 cm³/mol. The highest BCUT2D eigenvalue weighted by atomic mass is 16.7. The van der Waals surface area contributed by atoms with Gasteiger partial charge in [-0.3, -0.25) is 4.79 Å². The highest BCUT2D eigenvalue weighted by Gasteiger charge is 2.44. The molecule has 0 spiro atoms. The number of ether oxygens (including phenoxy) is 2. The number of unbranched alkanes of at least 4 members (excludes halogenated alkanes) is 30. The molecule has 0 radical (unpaired) electrons. The average Bonchev–Trinajstić information content (AvgIpc) is 3.31. The summed E-state index contributed by atoms with van der Waals surface area (Å²) < 4.78 is 11.2. The van der Waals surface area contributed by atoms with Gasteiger partial charge < -0.3 is 40.3 Å². The van der Waals surface area contributed by atoms with E-state index in [1.54, 1.807) is 6.08 Å². The van der Waals surface area contributed by atoms with Crippen LogP contribution in [0.3, 0.4) is 0 Å². The largest absolute Gasteiger partial charge is 0.394 e. The second kappa shape index (κ2) is 45.9. The van der Waals surface area contributed by atoms with Crippen LogP contribution in [0.4, 0.5) is 0 Å². The van der Waals surface area contributed by atoms with Gasteiger partial charge in [0.25, 0.3) is 0 Å². The van der Waals surface area contributed by atoms with Crippen LogP contribution in [0.2, 0.25) is 0 Å². The molecular weight excluding hydrogens is 815 g/mol. The first kappa shape index (κ1) is 61.2. The maximum atomic E-state index is 13.0. The highest BCUT2D eigenvalue weighted by molar-refractivity contribution is 5.76. The van der Waals surface area contributed by atoms with Crippen LogP contribution in [0.1, 0.15) is 245 Å². The van der Waals surface area contributed by atoms with E-state index in [0.717, 1.165) is 44.9 Å². The molecule has 0 aromatic rings. The number of carbonyl (C=O) groups excluding carboxylic acids is 1. The van der Waals surface area contributed by atoms with Crippen molar-refractivity contribution >= 4 is 5.91 Å². The van der Waals surface area contributed by atoms with Crippen molar-refractivity contribution in [2.75, 3.05) is 13.2 Å². The van der Waals surface area contributed by atoms with Crippen LogP contribution >= 0.6 is 0 Å². The zero-order valence-corrected chi connectivity index (χ0v) is 42.0. The van der Waals surface area contributed by atoms with E-state index < -0.39 is 49.5 Å². The van der Waals surface area contributed by atoms with Crippen molar-refractivity contribution in [3.63, 3.8) is 0 Å². The summed E-state index contributed by atoms with van der Waals surface area (Å²) in [6, 6.07) is -0.830. The van der Waals surface area contributed by atoms with E-state index in [1.165, 1.54) is 180 Å². The van der Waals surface area contributed by atoms with Gasteiger partial charge in [0.05, 0.1) is 25.4 Å². The standard InChI is InChI=1S/C56H103NO8/c1-3-5-7-9-11-13-15-17-19-21-23-24-25-26-27-28-30-32-34-36-38-40-42-44-46-52(60)57-49(48-64-56-55(63)54(62)53(61)51(47-58)65-56)50(59)45-43-41-39-37-35-33-31-29-22-20-18-16-14-12-10-8-6-4-2/h22,26-27,29,35,37,43,45,49-51,53-56,58-59,61-63H,3-21,23-25,28,30-34,36,38-42,44,46-48H2,1-2H3,(H,57,60)/b27-26-,29-22+,37-35+,45-43+. The second-order valence-corrected chi connectivity index (χ2v) is 19.0. The van der Waals surface area contributed by atoms with E-state index >= 15 is 0 Å². The third kappa shape index (κ3) is 35.9. The molecule has 0 aromatic carbocycles. The van der Waals surface area contributed by atoms with E-state index in [2.05, 4.69) is 55.6 Å². The van der Waals surface area contributed by atoms with Crippen LogP contribution in [0.15, 0.2) is 48.6 Å².